The van der Waals surface area contributed by atoms with E-state index < -0.39 is 0 Å². The maximum Gasteiger partial charge on any atom is 0.0689 e. The molecule has 0 atom stereocenters. The quantitative estimate of drug-likeness (QED) is 0.738. The number of fused-ring (bicyclic) bond motifs is 1. The number of hydrogen-bond donors (Lipinski definition) is 2. The highest BCUT2D eigenvalue weighted by atomic mass is 15.2. The van der Waals surface area contributed by atoms with Crippen LogP contribution in [-0.4, -0.2) is 41.8 Å². The summed E-state index contributed by atoms with van der Waals surface area (Å²) in [6.07, 6.45) is 3.68. The molecule has 2 aliphatic rings. The summed E-state index contributed by atoms with van der Waals surface area (Å²) in [4.78, 5) is 2.41. The van der Waals surface area contributed by atoms with E-state index in [0.29, 0.717) is 5.92 Å². The molecule has 0 spiro atoms. The van der Waals surface area contributed by atoms with Crippen molar-refractivity contribution in [3.8, 4) is 0 Å². The van der Waals surface area contributed by atoms with Crippen molar-refractivity contribution in [2.75, 3.05) is 26.7 Å². The molecule has 4 nitrogen and oxygen atoms in total. The van der Waals surface area contributed by atoms with Crippen LogP contribution in [0.4, 0.5) is 0 Å². The fourth-order valence-electron chi connectivity index (χ4n) is 2.89. The number of aromatic amines is 1. The first kappa shape index (κ1) is 10.3. The second-order valence-electron chi connectivity index (χ2n) is 5.07. The Balaban J connectivity index is 1.81. The molecule has 1 fully saturated rings. The van der Waals surface area contributed by atoms with E-state index in [1.54, 1.807) is 0 Å². The van der Waals surface area contributed by atoms with Gasteiger partial charge in [-0.15, -0.1) is 0 Å². The molecule has 1 saturated heterocycles. The van der Waals surface area contributed by atoms with Crippen LogP contribution >= 0.6 is 0 Å². The molecule has 0 saturated carbocycles. The molecule has 0 bridgehead atoms. The minimum atomic E-state index is 0.689. The van der Waals surface area contributed by atoms with Crippen molar-refractivity contribution in [3.05, 3.63) is 17.0 Å². The van der Waals surface area contributed by atoms with Crippen molar-refractivity contribution in [2.45, 2.75) is 31.7 Å². The van der Waals surface area contributed by atoms with Crippen LogP contribution in [0, 0.1) is 0 Å². The Kier molecular flexibility index (Phi) is 2.69. The lowest BCUT2D eigenvalue weighted by molar-refractivity contribution is 0.253. The first-order valence-corrected chi connectivity index (χ1v) is 6.30. The zero-order valence-electron chi connectivity index (χ0n) is 9.92. The topological polar surface area (TPSA) is 44.0 Å². The van der Waals surface area contributed by atoms with E-state index in [1.807, 2.05) is 0 Å². The normalized spacial score (nSPS) is 23.3. The summed E-state index contributed by atoms with van der Waals surface area (Å²) in [5.74, 6) is 0.689. The van der Waals surface area contributed by atoms with Gasteiger partial charge in [0.05, 0.1) is 11.4 Å². The largest absolute Gasteiger partial charge is 0.311 e. The molecule has 0 amide bonds. The number of nitrogens with zero attached hydrogens (tertiary/aromatic N) is 2. The molecule has 1 aromatic heterocycles. The molecule has 0 unspecified atom stereocenters. The molecule has 3 rings (SSSR count). The van der Waals surface area contributed by atoms with Crippen LogP contribution in [0.5, 0.6) is 0 Å². The van der Waals surface area contributed by atoms with Gasteiger partial charge in [0.25, 0.3) is 0 Å². The van der Waals surface area contributed by atoms with E-state index in [9.17, 15) is 0 Å². The van der Waals surface area contributed by atoms with Gasteiger partial charge in [-0.3, -0.25) is 5.10 Å². The van der Waals surface area contributed by atoms with Crippen molar-refractivity contribution < 1.29 is 0 Å². The van der Waals surface area contributed by atoms with E-state index in [1.165, 1.54) is 42.9 Å². The molecule has 88 valence electrons. The van der Waals surface area contributed by atoms with Crippen LogP contribution < -0.4 is 5.32 Å². The van der Waals surface area contributed by atoms with E-state index in [-0.39, 0.29) is 0 Å². The maximum absolute atomic E-state index is 4.56. The van der Waals surface area contributed by atoms with Crippen molar-refractivity contribution in [1.82, 2.24) is 20.4 Å². The molecule has 2 N–H and O–H groups in total. The zero-order chi connectivity index (χ0) is 11.0. The molecule has 0 aliphatic carbocycles. The van der Waals surface area contributed by atoms with Gasteiger partial charge in [-0.05, 0) is 51.5 Å². The van der Waals surface area contributed by atoms with Crippen molar-refractivity contribution in [1.29, 1.82) is 0 Å². The summed E-state index contributed by atoms with van der Waals surface area (Å²) in [5, 5.41) is 11.2. The predicted octanol–water partition coefficient (Wildman–Crippen LogP) is 0.865. The molecule has 0 aromatic carbocycles. The van der Waals surface area contributed by atoms with Gasteiger partial charge < -0.3 is 10.2 Å². The van der Waals surface area contributed by atoms with Gasteiger partial charge >= 0.3 is 0 Å². The number of nitrogens with one attached hydrogen (secondary N) is 2. The number of piperidine rings is 1. The van der Waals surface area contributed by atoms with Gasteiger partial charge in [0, 0.05) is 12.5 Å². The molecule has 16 heavy (non-hydrogen) atoms. The van der Waals surface area contributed by atoms with E-state index in [2.05, 4.69) is 27.5 Å². The van der Waals surface area contributed by atoms with Crippen molar-refractivity contribution >= 4 is 0 Å². The zero-order valence-corrected chi connectivity index (χ0v) is 9.92. The highest BCUT2D eigenvalue weighted by Gasteiger charge is 2.25. The van der Waals surface area contributed by atoms with Crippen molar-refractivity contribution in [2.24, 2.45) is 0 Å². The lowest BCUT2D eigenvalue weighted by Gasteiger charge is -2.28. The monoisotopic (exact) mass is 220 g/mol. The van der Waals surface area contributed by atoms with Gasteiger partial charge in [-0.2, -0.15) is 5.10 Å². The number of aromatic nitrogens is 2. The third-order valence-corrected chi connectivity index (χ3v) is 3.94. The van der Waals surface area contributed by atoms with Crippen LogP contribution in [-0.2, 0) is 13.0 Å². The van der Waals surface area contributed by atoms with Gasteiger partial charge in [-0.1, -0.05) is 0 Å². The van der Waals surface area contributed by atoms with Crippen molar-refractivity contribution in [3.63, 3.8) is 0 Å². The molecule has 4 heteroatoms. The first-order valence-electron chi connectivity index (χ1n) is 6.30. The average molecular weight is 220 g/mol. The molecular formula is C12H20N4. The minimum absolute atomic E-state index is 0.689. The fraction of sp³-hybridized carbons (Fsp3) is 0.750. The summed E-state index contributed by atoms with van der Waals surface area (Å²) in [6, 6.07) is 0. The van der Waals surface area contributed by atoms with E-state index in [0.717, 1.165) is 19.5 Å². The first-order chi connectivity index (χ1) is 7.84. The smallest absolute Gasteiger partial charge is 0.0689 e. The number of hydrogen-bond acceptors (Lipinski definition) is 3. The average Bonchev–Trinajstić information content (AvgIpc) is 2.74. The Morgan fingerprint density at radius 2 is 2.12 bits per heavy atom. The third-order valence-electron chi connectivity index (χ3n) is 3.94. The van der Waals surface area contributed by atoms with Crippen LogP contribution in [0.3, 0.4) is 0 Å². The SMILES string of the molecule is CN1CCC(c2n[nH]c3c2CCNC3)CC1. The Morgan fingerprint density at radius 3 is 2.94 bits per heavy atom. The molecule has 1 aromatic rings. The number of H-pyrrole nitrogens is 1. The fourth-order valence-corrected chi connectivity index (χ4v) is 2.89. The summed E-state index contributed by atoms with van der Waals surface area (Å²) in [7, 11) is 2.21. The van der Waals surface area contributed by atoms with Crippen LogP contribution in [0.1, 0.15) is 35.7 Å². The van der Waals surface area contributed by atoms with Gasteiger partial charge in [0.1, 0.15) is 0 Å². The Labute approximate surface area is 96.4 Å². The van der Waals surface area contributed by atoms with E-state index >= 15 is 0 Å². The molecule has 0 radical (unpaired) electrons. The van der Waals surface area contributed by atoms with Gasteiger partial charge in [0.15, 0.2) is 0 Å². The minimum Gasteiger partial charge on any atom is -0.311 e. The lowest BCUT2D eigenvalue weighted by atomic mass is 9.89. The molecule has 2 aliphatic heterocycles. The second-order valence-corrected chi connectivity index (χ2v) is 5.07. The number of likely N-dealkylation sites (tertiary alicyclic amines) is 1. The number of rotatable bonds is 1. The predicted molar refractivity (Wildman–Crippen MR) is 63.5 cm³/mol. The highest BCUT2D eigenvalue weighted by Crippen LogP contribution is 2.30. The summed E-state index contributed by atoms with van der Waals surface area (Å²) in [6.45, 7) is 4.50. The molecule has 3 heterocycles. The van der Waals surface area contributed by atoms with Gasteiger partial charge in [-0.25, -0.2) is 0 Å². The lowest BCUT2D eigenvalue weighted by Crippen LogP contribution is -2.30. The Morgan fingerprint density at radius 1 is 1.31 bits per heavy atom. The highest BCUT2D eigenvalue weighted by molar-refractivity contribution is 5.30. The van der Waals surface area contributed by atoms with Crippen LogP contribution in [0.25, 0.3) is 0 Å². The van der Waals surface area contributed by atoms with E-state index in [4.69, 9.17) is 0 Å². The summed E-state index contributed by atoms with van der Waals surface area (Å²) >= 11 is 0. The Hall–Kier alpha value is -0.870. The van der Waals surface area contributed by atoms with Crippen LogP contribution in [0.2, 0.25) is 0 Å². The molecular weight excluding hydrogens is 200 g/mol. The van der Waals surface area contributed by atoms with Gasteiger partial charge in [0.2, 0.25) is 0 Å². The maximum atomic E-state index is 4.56. The second kappa shape index (κ2) is 4.18. The van der Waals surface area contributed by atoms with Crippen LogP contribution in [0.15, 0.2) is 0 Å². The third kappa shape index (κ3) is 1.76. The summed E-state index contributed by atoms with van der Waals surface area (Å²) in [5.41, 5.74) is 4.19. The Bertz CT molecular complexity index is 363. The summed E-state index contributed by atoms with van der Waals surface area (Å²) < 4.78 is 0. The standard InChI is InChI=1S/C12H20N4/c1-16-6-3-9(4-7-16)12-10-2-5-13-8-11(10)14-15-12/h9,13H,2-8H2,1H3,(H,14,15).